The van der Waals surface area contributed by atoms with E-state index in [-0.39, 0.29) is 23.9 Å². The van der Waals surface area contributed by atoms with Gasteiger partial charge in [0.2, 0.25) is 5.91 Å². The molecular weight excluding hydrogens is 290 g/mol. The van der Waals surface area contributed by atoms with Crippen LogP contribution in [0.1, 0.15) is 45.4 Å². The monoisotopic (exact) mass is 315 g/mol. The summed E-state index contributed by atoms with van der Waals surface area (Å²) in [5.74, 6) is 0.291. The molecule has 1 aliphatic carbocycles. The van der Waals surface area contributed by atoms with Crippen LogP contribution in [0.25, 0.3) is 0 Å². The predicted molar refractivity (Wildman–Crippen MR) is 91.5 cm³/mol. The van der Waals surface area contributed by atoms with Crippen LogP contribution in [0.4, 0.5) is 16.2 Å². The van der Waals surface area contributed by atoms with Crippen LogP contribution in [0.3, 0.4) is 0 Å². The summed E-state index contributed by atoms with van der Waals surface area (Å²) in [7, 11) is 0. The minimum Gasteiger partial charge on any atom is -0.326 e. The first kappa shape index (κ1) is 15.8. The molecule has 1 aromatic carbocycles. The highest BCUT2D eigenvalue weighted by atomic mass is 16.2. The maximum Gasteiger partial charge on any atom is 0.322 e. The fraction of sp³-hybridized carbons (Fsp3) is 0.556. The van der Waals surface area contributed by atoms with Gasteiger partial charge in [0.25, 0.3) is 0 Å². The molecule has 0 bridgehead atoms. The topological polar surface area (TPSA) is 61.4 Å². The van der Waals surface area contributed by atoms with Gasteiger partial charge in [-0.3, -0.25) is 4.79 Å². The number of urea groups is 1. The fourth-order valence-corrected chi connectivity index (χ4v) is 3.00. The van der Waals surface area contributed by atoms with Crippen molar-refractivity contribution in [3.05, 3.63) is 24.3 Å². The zero-order chi connectivity index (χ0) is 16.2. The molecule has 1 atom stereocenters. The van der Waals surface area contributed by atoms with E-state index in [1.54, 1.807) is 0 Å². The Balaban J connectivity index is 1.56. The SMILES string of the molecule is CC1CCCCCN1C(=O)Nc1ccc(NC(=O)C2CC2)cc1. The van der Waals surface area contributed by atoms with Crippen LogP contribution in [0.15, 0.2) is 24.3 Å². The van der Waals surface area contributed by atoms with Crippen LogP contribution in [0, 0.1) is 5.92 Å². The van der Waals surface area contributed by atoms with E-state index in [0.717, 1.165) is 43.6 Å². The Morgan fingerprint density at radius 1 is 0.957 bits per heavy atom. The quantitative estimate of drug-likeness (QED) is 0.890. The number of nitrogens with one attached hydrogen (secondary N) is 2. The van der Waals surface area contributed by atoms with Gasteiger partial charge < -0.3 is 15.5 Å². The summed E-state index contributed by atoms with van der Waals surface area (Å²) in [6.07, 6.45) is 6.52. The van der Waals surface area contributed by atoms with Gasteiger partial charge in [-0.05, 0) is 56.9 Å². The van der Waals surface area contributed by atoms with Crippen LogP contribution in [0.5, 0.6) is 0 Å². The summed E-state index contributed by atoms with van der Waals surface area (Å²) in [6, 6.07) is 7.60. The van der Waals surface area contributed by atoms with Gasteiger partial charge in [0.15, 0.2) is 0 Å². The van der Waals surface area contributed by atoms with Gasteiger partial charge in [-0.1, -0.05) is 12.8 Å². The maximum atomic E-state index is 12.4. The van der Waals surface area contributed by atoms with Crippen LogP contribution in [0.2, 0.25) is 0 Å². The van der Waals surface area contributed by atoms with Crippen LogP contribution in [-0.2, 0) is 4.79 Å². The molecule has 3 amide bonds. The number of hydrogen-bond acceptors (Lipinski definition) is 2. The first-order valence-electron chi connectivity index (χ1n) is 8.62. The molecule has 1 saturated heterocycles. The molecule has 1 aromatic rings. The Labute approximate surface area is 137 Å². The summed E-state index contributed by atoms with van der Waals surface area (Å²) in [4.78, 5) is 26.1. The average Bonchev–Trinajstić information content (AvgIpc) is 3.36. The summed E-state index contributed by atoms with van der Waals surface area (Å²) in [6.45, 7) is 2.93. The highest BCUT2D eigenvalue weighted by Crippen LogP contribution is 2.30. The van der Waals surface area contributed by atoms with Crippen molar-refractivity contribution in [1.82, 2.24) is 4.90 Å². The van der Waals surface area contributed by atoms with E-state index >= 15 is 0 Å². The van der Waals surface area contributed by atoms with Crippen molar-refractivity contribution in [2.75, 3.05) is 17.2 Å². The summed E-state index contributed by atoms with van der Waals surface area (Å²) < 4.78 is 0. The molecule has 1 unspecified atom stereocenters. The normalized spacial score (nSPS) is 21.4. The number of amides is 3. The predicted octanol–water partition coefficient (Wildman–Crippen LogP) is 3.83. The smallest absolute Gasteiger partial charge is 0.322 e. The molecule has 3 rings (SSSR count). The van der Waals surface area contributed by atoms with Crippen molar-refractivity contribution < 1.29 is 9.59 Å². The van der Waals surface area contributed by atoms with Crippen molar-refractivity contribution in [2.45, 2.75) is 51.5 Å². The third-order valence-corrected chi connectivity index (χ3v) is 4.67. The van der Waals surface area contributed by atoms with Crippen LogP contribution >= 0.6 is 0 Å². The Morgan fingerprint density at radius 2 is 1.61 bits per heavy atom. The number of carbonyl (C=O) groups is 2. The number of hydrogen-bond donors (Lipinski definition) is 2. The first-order chi connectivity index (χ1) is 11.1. The Kier molecular flexibility index (Phi) is 4.84. The second kappa shape index (κ2) is 7.02. The molecule has 2 N–H and O–H groups in total. The summed E-state index contributed by atoms with van der Waals surface area (Å²) in [5, 5.41) is 5.86. The van der Waals surface area contributed by atoms with E-state index in [9.17, 15) is 9.59 Å². The van der Waals surface area contributed by atoms with E-state index in [4.69, 9.17) is 0 Å². The zero-order valence-electron chi connectivity index (χ0n) is 13.7. The third-order valence-electron chi connectivity index (χ3n) is 4.67. The standard InChI is InChI=1S/C18H25N3O2/c1-13-5-3-2-4-12-21(13)18(23)20-16-10-8-15(9-11-16)19-17(22)14-6-7-14/h8-11,13-14H,2-7,12H2,1H3,(H,19,22)(H,20,23). The number of anilines is 2. The highest BCUT2D eigenvalue weighted by molar-refractivity contribution is 5.94. The molecule has 0 radical (unpaired) electrons. The Hall–Kier alpha value is -2.04. The molecule has 1 saturated carbocycles. The summed E-state index contributed by atoms with van der Waals surface area (Å²) >= 11 is 0. The minimum atomic E-state index is -0.0332. The zero-order valence-corrected chi connectivity index (χ0v) is 13.7. The second-order valence-corrected chi connectivity index (χ2v) is 6.66. The van der Waals surface area contributed by atoms with Crippen molar-refractivity contribution in [1.29, 1.82) is 0 Å². The minimum absolute atomic E-state index is 0.0332. The van der Waals surface area contributed by atoms with E-state index < -0.39 is 0 Å². The molecule has 2 aliphatic rings. The van der Waals surface area contributed by atoms with Gasteiger partial charge >= 0.3 is 6.03 Å². The van der Waals surface area contributed by atoms with Gasteiger partial charge in [0.1, 0.15) is 0 Å². The number of rotatable bonds is 3. The van der Waals surface area contributed by atoms with Gasteiger partial charge in [-0.25, -0.2) is 4.79 Å². The molecule has 5 heteroatoms. The molecule has 23 heavy (non-hydrogen) atoms. The van der Waals surface area contributed by atoms with E-state index in [1.165, 1.54) is 12.8 Å². The number of likely N-dealkylation sites (tertiary alicyclic amines) is 1. The lowest BCUT2D eigenvalue weighted by Gasteiger charge is -2.27. The molecule has 2 fully saturated rings. The number of carbonyl (C=O) groups excluding carboxylic acids is 2. The van der Waals surface area contributed by atoms with Gasteiger partial charge in [0, 0.05) is 29.9 Å². The first-order valence-corrected chi connectivity index (χ1v) is 8.62. The van der Waals surface area contributed by atoms with Crippen LogP contribution in [-0.4, -0.2) is 29.4 Å². The Bertz CT molecular complexity index is 566. The fourth-order valence-electron chi connectivity index (χ4n) is 3.00. The van der Waals surface area contributed by atoms with Crippen molar-refractivity contribution in [3.63, 3.8) is 0 Å². The lowest BCUT2D eigenvalue weighted by atomic mass is 10.1. The average molecular weight is 315 g/mol. The number of nitrogens with zero attached hydrogens (tertiary/aromatic N) is 1. The molecule has 1 heterocycles. The lowest BCUT2D eigenvalue weighted by Crippen LogP contribution is -2.41. The van der Waals surface area contributed by atoms with E-state index in [1.807, 2.05) is 29.2 Å². The summed E-state index contributed by atoms with van der Waals surface area (Å²) in [5.41, 5.74) is 1.54. The van der Waals surface area contributed by atoms with Crippen molar-refractivity contribution in [2.24, 2.45) is 5.92 Å². The lowest BCUT2D eigenvalue weighted by molar-refractivity contribution is -0.117. The van der Waals surface area contributed by atoms with Crippen molar-refractivity contribution >= 4 is 23.3 Å². The Morgan fingerprint density at radius 3 is 2.26 bits per heavy atom. The van der Waals surface area contributed by atoms with Crippen LogP contribution < -0.4 is 10.6 Å². The molecule has 0 spiro atoms. The highest BCUT2D eigenvalue weighted by Gasteiger charge is 2.29. The molecule has 5 nitrogen and oxygen atoms in total. The maximum absolute atomic E-state index is 12.4. The molecule has 1 aliphatic heterocycles. The third kappa shape index (κ3) is 4.24. The van der Waals surface area contributed by atoms with E-state index in [2.05, 4.69) is 17.6 Å². The van der Waals surface area contributed by atoms with E-state index in [0.29, 0.717) is 0 Å². The molecule has 124 valence electrons. The molecular formula is C18H25N3O2. The second-order valence-electron chi connectivity index (χ2n) is 6.66. The number of benzene rings is 1. The van der Waals surface area contributed by atoms with Gasteiger partial charge in [-0.2, -0.15) is 0 Å². The van der Waals surface area contributed by atoms with Gasteiger partial charge in [0.05, 0.1) is 0 Å². The van der Waals surface area contributed by atoms with Gasteiger partial charge in [-0.15, -0.1) is 0 Å². The largest absolute Gasteiger partial charge is 0.326 e. The molecule has 0 aromatic heterocycles. The van der Waals surface area contributed by atoms with Crippen molar-refractivity contribution in [3.8, 4) is 0 Å².